The largest absolute Gasteiger partial charge is 0.435 e. The summed E-state index contributed by atoms with van der Waals surface area (Å²) in [5.41, 5.74) is 2.37. The van der Waals surface area contributed by atoms with Gasteiger partial charge in [-0.05, 0) is 37.6 Å². The van der Waals surface area contributed by atoms with Crippen molar-refractivity contribution in [3.63, 3.8) is 0 Å². The van der Waals surface area contributed by atoms with Gasteiger partial charge >= 0.3 is 5.97 Å². The first-order valence-electron chi connectivity index (χ1n) is 7.10. The van der Waals surface area contributed by atoms with Crippen LogP contribution in [-0.4, -0.2) is 19.4 Å². The first-order chi connectivity index (χ1) is 11.0. The lowest BCUT2D eigenvalue weighted by Crippen LogP contribution is -2.11. The molecule has 0 saturated carbocycles. The highest BCUT2D eigenvalue weighted by Gasteiger charge is 2.15. The van der Waals surface area contributed by atoms with Crippen molar-refractivity contribution < 1.29 is 14.3 Å². The van der Waals surface area contributed by atoms with E-state index in [0.717, 1.165) is 5.56 Å². The van der Waals surface area contributed by atoms with Crippen LogP contribution in [0.5, 0.6) is 0 Å². The highest BCUT2D eigenvalue weighted by Crippen LogP contribution is 2.36. The molecule has 1 N–H and O–H groups in total. The quantitative estimate of drug-likeness (QED) is 0.395. The van der Waals surface area contributed by atoms with Gasteiger partial charge in [0.25, 0.3) is 0 Å². The predicted molar refractivity (Wildman–Crippen MR) is 100 cm³/mol. The van der Waals surface area contributed by atoms with E-state index in [-0.39, 0.29) is 19.2 Å². The molecule has 0 unspecified atom stereocenters. The number of aryl methyl sites for hydroxylation is 1. The summed E-state index contributed by atoms with van der Waals surface area (Å²) in [5, 5.41) is 4.10. The monoisotopic (exact) mass is 389 g/mol. The van der Waals surface area contributed by atoms with Gasteiger partial charge in [-0.2, -0.15) is 0 Å². The average molecular weight is 391 g/mol. The Morgan fingerprint density at radius 1 is 1.17 bits per heavy atom. The van der Waals surface area contributed by atoms with E-state index in [2.05, 4.69) is 5.32 Å². The summed E-state index contributed by atoms with van der Waals surface area (Å²) in [6.07, 6.45) is 0. The number of halogens is 3. The van der Waals surface area contributed by atoms with E-state index in [1.165, 1.54) is 0 Å². The van der Waals surface area contributed by atoms with E-state index in [4.69, 9.17) is 32.7 Å². The molecule has 0 radical (unpaired) electrons. The molecule has 0 heterocycles. The van der Waals surface area contributed by atoms with Gasteiger partial charge in [0.05, 0.1) is 27.0 Å². The zero-order valence-electron chi connectivity index (χ0n) is 13.3. The van der Waals surface area contributed by atoms with Crippen LogP contribution in [0.2, 0.25) is 10.0 Å². The van der Waals surface area contributed by atoms with E-state index in [9.17, 15) is 4.79 Å². The lowest BCUT2D eigenvalue weighted by molar-refractivity contribution is -0.0273. The van der Waals surface area contributed by atoms with E-state index < -0.39 is 5.97 Å². The molecule has 0 spiro atoms. The van der Waals surface area contributed by atoms with Gasteiger partial charge in [0, 0.05) is 6.61 Å². The lowest BCUT2D eigenvalue weighted by Gasteiger charge is -2.15. The Hall–Kier alpha value is -1.46. The summed E-state index contributed by atoms with van der Waals surface area (Å²) >= 11 is 12.5. The second-order valence-corrected chi connectivity index (χ2v) is 5.55. The molecule has 0 bridgehead atoms. The molecule has 2 rings (SSSR count). The second kappa shape index (κ2) is 9.74. The lowest BCUT2D eigenvalue weighted by atomic mass is 10.1. The number of carbonyl (C=O) groups excluding carboxylic acids is 1. The molecule has 130 valence electrons. The summed E-state index contributed by atoms with van der Waals surface area (Å²) in [7, 11) is 0. The van der Waals surface area contributed by atoms with Gasteiger partial charge in [0.15, 0.2) is 6.79 Å². The van der Waals surface area contributed by atoms with Crippen LogP contribution in [0.3, 0.4) is 0 Å². The van der Waals surface area contributed by atoms with Gasteiger partial charge in [0.1, 0.15) is 0 Å². The maximum Gasteiger partial charge on any atom is 0.342 e. The van der Waals surface area contributed by atoms with Gasteiger partial charge in [-0.3, -0.25) is 0 Å². The van der Waals surface area contributed by atoms with Crippen LogP contribution in [0, 0.1) is 6.92 Å². The van der Waals surface area contributed by atoms with Crippen molar-refractivity contribution in [3.05, 3.63) is 57.6 Å². The minimum atomic E-state index is -0.485. The zero-order valence-corrected chi connectivity index (χ0v) is 15.6. The van der Waals surface area contributed by atoms with Crippen molar-refractivity contribution in [1.82, 2.24) is 0 Å². The fourth-order valence-electron chi connectivity index (χ4n) is 1.93. The minimum absolute atomic E-state index is 0. The molecule has 24 heavy (non-hydrogen) atoms. The van der Waals surface area contributed by atoms with Gasteiger partial charge in [-0.25, -0.2) is 4.79 Å². The Morgan fingerprint density at radius 2 is 1.88 bits per heavy atom. The van der Waals surface area contributed by atoms with E-state index in [0.29, 0.717) is 33.6 Å². The van der Waals surface area contributed by atoms with Crippen LogP contribution >= 0.6 is 35.6 Å². The van der Waals surface area contributed by atoms with Gasteiger partial charge < -0.3 is 14.8 Å². The van der Waals surface area contributed by atoms with Crippen molar-refractivity contribution in [2.45, 2.75) is 13.8 Å². The maximum atomic E-state index is 12.2. The molecule has 0 aliphatic rings. The van der Waals surface area contributed by atoms with Crippen LogP contribution in [0.1, 0.15) is 22.8 Å². The molecular formula is C17H18Cl3NO3. The van der Waals surface area contributed by atoms with Crippen molar-refractivity contribution in [1.29, 1.82) is 0 Å². The summed E-state index contributed by atoms with van der Waals surface area (Å²) in [4.78, 5) is 12.2. The van der Waals surface area contributed by atoms with E-state index in [1.807, 2.05) is 19.9 Å². The fraction of sp³-hybridized carbons (Fsp3) is 0.235. The van der Waals surface area contributed by atoms with Crippen LogP contribution < -0.4 is 5.32 Å². The third kappa shape index (κ3) is 5.02. The minimum Gasteiger partial charge on any atom is -0.435 e. The molecule has 0 atom stereocenters. The van der Waals surface area contributed by atoms with Crippen molar-refractivity contribution in [2.75, 3.05) is 18.7 Å². The molecule has 0 aliphatic heterocycles. The van der Waals surface area contributed by atoms with Crippen molar-refractivity contribution >= 4 is 53.0 Å². The van der Waals surface area contributed by atoms with Gasteiger partial charge in [0.2, 0.25) is 0 Å². The number of ether oxygens (including phenoxy) is 2. The van der Waals surface area contributed by atoms with E-state index >= 15 is 0 Å². The van der Waals surface area contributed by atoms with Crippen molar-refractivity contribution in [2.24, 2.45) is 0 Å². The smallest absolute Gasteiger partial charge is 0.342 e. The Bertz CT molecular complexity index is 707. The van der Waals surface area contributed by atoms with Crippen molar-refractivity contribution in [3.8, 4) is 0 Å². The first-order valence-corrected chi connectivity index (χ1v) is 7.85. The second-order valence-electron chi connectivity index (χ2n) is 4.77. The van der Waals surface area contributed by atoms with E-state index in [1.54, 1.807) is 30.3 Å². The third-order valence-electron chi connectivity index (χ3n) is 3.17. The number of esters is 1. The maximum absolute atomic E-state index is 12.2. The fourth-order valence-corrected chi connectivity index (χ4v) is 2.40. The standard InChI is InChI=1S/C17H17Cl2NO3.ClH/c1-3-22-10-23-17(21)12-6-4-5-7-14(12)20-16-13(18)9-8-11(2)15(16)19;/h4-9,20H,3,10H2,1-2H3;1H. The molecule has 0 amide bonds. The predicted octanol–water partition coefficient (Wildman–Crippen LogP) is 5.62. The van der Waals surface area contributed by atoms with Crippen LogP contribution in [0.25, 0.3) is 0 Å². The normalized spacial score (nSPS) is 10.0. The van der Waals surface area contributed by atoms with Crippen LogP contribution in [-0.2, 0) is 9.47 Å². The number of hydrogen-bond donors (Lipinski definition) is 1. The van der Waals surface area contributed by atoms with Gasteiger partial charge in [-0.1, -0.05) is 41.4 Å². The molecule has 0 saturated heterocycles. The summed E-state index contributed by atoms with van der Waals surface area (Å²) in [6, 6.07) is 10.6. The molecule has 7 heteroatoms. The molecule has 0 aliphatic carbocycles. The summed E-state index contributed by atoms with van der Waals surface area (Å²) in [5.74, 6) is -0.485. The topological polar surface area (TPSA) is 47.6 Å². The average Bonchev–Trinajstić information content (AvgIpc) is 2.55. The summed E-state index contributed by atoms with van der Waals surface area (Å²) < 4.78 is 10.1. The first kappa shape index (κ1) is 20.6. The zero-order chi connectivity index (χ0) is 16.8. The molecule has 0 aromatic heterocycles. The number of benzene rings is 2. The number of carbonyl (C=O) groups is 1. The summed E-state index contributed by atoms with van der Waals surface area (Å²) in [6.45, 7) is 4.09. The van der Waals surface area contributed by atoms with Crippen LogP contribution in [0.15, 0.2) is 36.4 Å². The Kier molecular flexibility index (Phi) is 8.36. The number of hydrogen-bond acceptors (Lipinski definition) is 4. The number of rotatable bonds is 6. The Balaban J connectivity index is 0.00000288. The molecule has 2 aromatic carbocycles. The van der Waals surface area contributed by atoms with Crippen LogP contribution in [0.4, 0.5) is 11.4 Å². The highest BCUT2D eigenvalue weighted by molar-refractivity contribution is 6.39. The number of nitrogens with one attached hydrogen (secondary N) is 1. The Labute approximate surface area is 157 Å². The highest BCUT2D eigenvalue weighted by atomic mass is 35.5. The SMILES string of the molecule is CCOCOC(=O)c1ccccc1Nc1c(Cl)ccc(C)c1Cl.Cl. The molecule has 2 aromatic rings. The number of para-hydroxylation sites is 1. The number of anilines is 2. The third-order valence-corrected chi connectivity index (χ3v) is 3.97. The van der Waals surface area contributed by atoms with Gasteiger partial charge in [-0.15, -0.1) is 12.4 Å². The molecule has 4 nitrogen and oxygen atoms in total. The molecule has 0 fully saturated rings. The Morgan fingerprint density at radius 3 is 2.58 bits per heavy atom. The molecular weight excluding hydrogens is 373 g/mol.